The van der Waals surface area contributed by atoms with Gasteiger partial charge in [-0.05, 0) is 74.9 Å². The Bertz CT molecular complexity index is 2470. The summed E-state index contributed by atoms with van der Waals surface area (Å²) in [6.07, 6.45) is 4.92. The van der Waals surface area contributed by atoms with Crippen molar-refractivity contribution in [1.29, 1.82) is 0 Å². The molecule has 3 N–H and O–H groups in total. The molecular weight excluding hydrogens is 736 g/mol. The quantitative estimate of drug-likeness (QED) is 0.158. The third-order valence-corrected chi connectivity index (χ3v) is 12.3. The number of H-pyrrole nitrogens is 1. The molecule has 0 unspecified atom stereocenters. The summed E-state index contributed by atoms with van der Waals surface area (Å²) in [6, 6.07) is 8.49. The Morgan fingerprint density at radius 3 is 2.42 bits per heavy atom. The van der Waals surface area contributed by atoms with Gasteiger partial charge in [-0.2, -0.15) is 5.10 Å². The fraction of sp³-hybridized carbons (Fsp3) is 0.314. The van der Waals surface area contributed by atoms with E-state index in [9.17, 15) is 30.4 Å². The molecule has 52 heavy (non-hydrogen) atoms. The number of rotatable bonds is 11. The summed E-state index contributed by atoms with van der Waals surface area (Å²) in [5.41, 5.74) is 1.91. The number of aryl methyl sites for hydroxylation is 1. The number of hydrogen-bond acceptors (Lipinski definition) is 8. The number of nitrogens with zero attached hydrogens (tertiary/aromatic N) is 4. The van der Waals surface area contributed by atoms with E-state index in [1.54, 1.807) is 37.5 Å². The molecule has 1 amide bonds. The number of benzene rings is 2. The summed E-state index contributed by atoms with van der Waals surface area (Å²) in [7, 11) is -5.71. The van der Waals surface area contributed by atoms with Crippen molar-refractivity contribution in [1.82, 2.24) is 30.0 Å². The highest BCUT2D eigenvalue weighted by Crippen LogP contribution is 2.40. The highest BCUT2D eigenvalue weighted by molar-refractivity contribution is 7.93. The van der Waals surface area contributed by atoms with Crippen molar-refractivity contribution in [2.45, 2.75) is 55.6 Å². The Hall–Kier alpha value is -4.85. The summed E-state index contributed by atoms with van der Waals surface area (Å²) in [5, 5.41) is 7.35. The molecule has 1 saturated carbocycles. The molecule has 6 rings (SSSR count). The summed E-state index contributed by atoms with van der Waals surface area (Å²) in [5.74, 6) is 4.02. The first-order chi connectivity index (χ1) is 24.4. The molecule has 1 atom stereocenters. The molecule has 5 aromatic rings. The molecule has 2 aromatic carbocycles. The fourth-order valence-electron chi connectivity index (χ4n) is 5.93. The molecule has 0 spiro atoms. The van der Waals surface area contributed by atoms with Gasteiger partial charge in [0, 0.05) is 36.6 Å². The maximum absolute atomic E-state index is 14.5. The second kappa shape index (κ2) is 13.9. The number of carbonyl (C=O) groups excluding carboxylic acids is 1. The molecule has 272 valence electrons. The normalized spacial score (nSPS) is 14.1. The van der Waals surface area contributed by atoms with E-state index in [1.165, 1.54) is 24.7 Å². The number of halogens is 3. The molecule has 1 aliphatic rings. The van der Waals surface area contributed by atoms with E-state index in [2.05, 4.69) is 36.9 Å². The number of fused-ring (bicyclic) bond motifs is 1. The van der Waals surface area contributed by atoms with Crippen LogP contribution in [0.15, 0.2) is 54.9 Å². The first kappa shape index (κ1) is 36.9. The number of aromatic nitrogens is 5. The predicted octanol–water partition coefficient (Wildman–Crippen LogP) is 5.01. The number of sulfone groups is 1. The van der Waals surface area contributed by atoms with Crippen LogP contribution in [0.4, 0.5) is 14.6 Å². The Morgan fingerprint density at radius 2 is 1.79 bits per heavy atom. The minimum Gasteiger partial charge on any atom is -0.348 e. The average Bonchev–Trinajstić information content (AvgIpc) is 3.71. The van der Waals surface area contributed by atoms with Crippen molar-refractivity contribution >= 4 is 54.1 Å². The van der Waals surface area contributed by atoms with Gasteiger partial charge in [-0.15, -0.1) is 0 Å². The minimum absolute atomic E-state index is 0.0125. The third-order valence-electron chi connectivity index (χ3n) is 8.51. The number of pyridine rings is 1. The van der Waals surface area contributed by atoms with Crippen LogP contribution in [0, 0.1) is 23.5 Å². The second-order valence-corrected chi connectivity index (χ2v) is 18.0. The SMILES string of the molecule is Cn1nc(NS(C)(=O)=O)c2c(Cl)ccc(-c3ccc(C#CC(C)(C)S(=O)(=O)C4CC4)nc3[C@H](Cc3cc(F)cc(F)c3)NC(=O)Cc3ncc[nH]3)c21. The molecular formula is C35H34ClF2N7O5S2. The van der Waals surface area contributed by atoms with Gasteiger partial charge >= 0.3 is 0 Å². The zero-order valence-electron chi connectivity index (χ0n) is 28.5. The topological polar surface area (TPSA) is 169 Å². The highest BCUT2D eigenvalue weighted by Gasteiger charge is 2.45. The lowest BCUT2D eigenvalue weighted by Gasteiger charge is -2.22. The van der Waals surface area contributed by atoms with Gasteiger partial charge in [0.15, 0.2) is 15.7 Å². The number of anilines is 1. The van der Waals surface area contributed by atoms with E-state index in [4.69, 9.17) is 16.6 Å². The predicted molar refractivity (Wildman–Crippen MR) is 194 cm³/mol. The Kier molecular flexibility index (Phi) is 9.90. The first-order valence-electron chi connectivity index (χ1n) is 16.1. The van der Waals surface area contributed by atoms with Crippen LogP contribution >= 0.6 is 11.6 Å². The summed E-state index contributed by atoms with van der Waals surface area (Å²) in [6.45, 7) is 3.07. The van der Waals surface area contributed by atoms with Crippen LogP contribution in [0.2, 0.25) is 5.02 Å². The van der Waals surface area contributed by atoms with Crippen LogP contribution in [-0.2, 0) is 44.5 Å². The lowest BCUT2D eigenvalue weighted by molar-refractivity contribution is -0.121. The van der Waals surface area contributed by atoms with Crippen molar-refractivity contribution in [2.24, 2.45) is 7.05 Å². The van der Waals surface area contributed by atoms with Gasteiger partial charge in [0.05, 0.1) is 45.6 Å². The molecule has 12 nitrogen and oxygen atoms in total. The molecule has 0 saturated heterocycles. The number of nitrogens with one attached hydrogen (secondary N) is 3. The van der Waals surface area contributed by atoms with Crippen LogP contribution in [-0.4, -0.2) is 63.7 Å². The maximum atomic E-state index is 14.5. The van der Waals surface area contributed by atoms with Gasteiger partial charge in [-0.1, -0.05) is 23.6 Å². The average molecular weight is 770 g/mol. The molecule has 0 aliphatic heterocycles. The number of sulfonamides is 1. The van der Waals surface area contributed by atoms with Gasteiger partial charge in [0.1, 0.15) is 27.9 Å². The summed E-state index contributed by atoms with van der Waals surface area (Å²) >= 11 is 6.60. The van der Waals surface area contributed by atoms with E-state index in [0.29, 0.717) is 40.7 Å². The number of amides is 1. The number of carbonyl (C=O) groups is 1. The van der Waals surface area contributed by atoms with Crippen LogP contribution in [0.3, 0.4) is 0 Å². The smallest absolute Gasteiger partial charge is 0.231 e. The van der Waals surface area contributed by atoms with Gasteiger partial charge < -0.3 is 10.3 Å². The van der Waals surface area contributed by atoms with E-state index in [0.717, 1.165) is 24.5 Å². The van der Waals surface area contributed by atoms with Crippen molar-refractivity contribution < 1.29 is 30.4 Å². The second-order valence-electron chi connectivity index (χ2n) is 13.1. The van der Waals surface area contributed by atoms with E-state index >= 15 is 0 Å². The Balaban J connectivity index is 1.55. The minimum atomic E-state index is -3.76. The highest BCUT2D eigenvalue weighted by atomic mass is 35.5. The lowest BCUT2D eigenvalue weighted by atomic mass is 9.93. The molecule has 3 heterocycles. The molecule has 17 heteroatoms. The van der Waals surface area contributed by atoms with Crippen molar-refractivity contribution in [2.75, 3.05) is 11.0 Å². The van der Waals surface area contributed by atoms with Crippen LogP contribution in [0.1, 0.15) is 55.5 Å². The zero-order valence-corrected chi connectivity index (χ0v) is 30.8. The molecule has 0 radical (unpaired) electrons. The fourth-order valence-corrected chi connectivity index (χ4v) is 8.45. The largest absolute Gasteiger partial charge is 0.348 e. The van der Waals surface area contributed by atoms with Crippen molar-refractivity contribution in [3.63, 3.8) is 0 Å². The molecule has 1 aliphatic carbocycles. The van der Waals surface area contributed by atoms with E-state index in [1.807, 2.05) is 0 Å². The van der Waals surface area contributed by atoms with Gasteiger partial charge in [-0.25, -0.2) is 35.6 Å². The Morgan fingerprint density at radius 1 is 1.10 bits per heavy atom. The monoisotopic (exact) mass is 769 g/mol. The maximum Gasteiger partial charge on any atom is 0.231 e. The Labute approximate surface area is 304 Å². The lowest BCUT2D eigenvalue weighted by Crippen LogP contribution is -2.33. The standard InChI is InChI=1S/C35H34ClF2N7O5S2/c1-35(2,52(49,50)24-6-7-24)12-11-23-5-8-25(26-9-10-27(36)31-33(26)45(3)43-34(31)44-51(4,47)48)32(41-23)28(17-20-15-21(37)18-22(38)16-20)42-30(46)19-29-39-13-14-40-29/h5,8-10,13-16,18,24,28H,6-7,17,19H2,1-4H3,(H,39,40)(H,42,46)(H,43,44)/t28-/m0/s1. The zero-order chi connectivity index (χ0) is 37.6. The molecule has 1 fully saturated rings. The summed E-state index contributed by atoms with van der Waals surface area (Å²) in [4.78, 5) is 25.3. The third kappa shape index (κ3) is 7.96. The summed E-state index contributed by atoms with van der Waals surface area (Å²) < 4.78 is 82.0. The number of hydrogen-bond donors (Lipinski definition) is 3. The van der Waals surface area contributed by atoms with E-state index in [-0.39, 0.29) is 40.6 Å². The number of imidazole rings is 1. The number of aromatic amines is 1. The van der Waals surface area contributed by atoms with Crippen LogP contribution < -0.4 is 10.0 Å². The first-order valence-corrected chi connectivity index (χ1v) is 19.9. The van der Waals surface area contributed by atoms with Crippen molar-refractivity contribution in [3.8, 4) is 23.0 Å². The van der Waals surface area contributed by atoms with Gasteiger partial charge in [0.25, 0.3) is 0 Å². The van der Waals surface area contributed by atoms with Gasteiger partial charge in [-0.3, -0.25) is 14.2 Å². The van der Waals surface area contributed by atoms with Crippen LogP contribution in [0.5, 0.6) is 0 Å². The molecule has 0 bridgehead atoms. The van der Waals surface area contributed by atoms with Crippen molar-refractivity contribution in [3.05, 3.63) is 94.3 Å². The van der Waals surface area contributed by atoms with E-state index < -0.39 is 53.4 Å². The van der Waals surface area contributed by atoms with Crippen LogP contribution in [0.25, 0.3) is 22.0 Å². The molecule has 3 aromatic heterocycles. The van der Waals surface area contributed by atoms with Gasteiger partial charge in [0.2, 0.25) is 15.9 Å².